The van der Waals surface area contributed by atoms with E-state index in [2.05, 4.69) is 45.3 Å². The van der Waals surface area contributed by atoms with E-state index in [-0.39, 0.29) is 17.1 Å². The zero-order chi connectivity index (χ0) is 16.2. The van der Waals surface area contributed by atoms with Gasteiger partial charge in [-0.25, -0.2) is 10.2 Å². The van der Waals surface area contributed by atoms with Crippen LogP contribution < -0.4 is 0 Å². The van der Waals surface area contributed by atoms with Crippen molar-refractivity contribution >= 4 is 35.7 Å². The van der Waals surface area contributed by atoms with Gasteiger partial charge in [0.05, 0.1) is 5.69 Å². The average molecular weight is 398 g/mol. The third-order valence-electron chi connectivity index (χ3n) is 3.21. The molecule has 0 atom stereocenters. The van der Waals surface area contributed by atoms with E-state index >= 15 is 0 Å². The van der Waals surface area contributed by atoms with E-state index in [1.807, 2.05) is 25.1 Å². The SMILES string of the molecule is CC(=N[N-]C(=[SH+])N1CCCCCC1)c1ccccn1.N#C[S-].[Cu+]. The molecule has 1 fully saturated rings. The van der Waals surface area contributed by atoms with Gasteiger partial charge >= 0.3 is 17.1 Å². The van der Waals surface area contributed by atoms with Crippen LogP contribution in [0.15, 0.2) is 29.5 Å². The van der Waals surface area contributed by atoms with Gasteiger partial charge in [0, 0.05) is 25.0 Å². The predicted molar refractivity (Wildman–Crippen MR) is 96.6 cm³/mol. The molecule has 0 N–H and O–H groups in total. The fraction of sp³-hybridized carbons (Fsp3) is 0.467. The Hall–Kier alpha value is -1.10. The Balaban J connectivity index is 0.00000112. The summed E-state index contributed by atoms with van der Waals surface area (Å²) in [7, 11) is 0. The van der Waals surface area contributed by atoms with Gasteiger partial charge in [-0.1, -0.05) is 24.3 Å². The summed E-state index contributed by atoms with van der Waals surface area (Å²) in [5.41, 5.74) is 5.88. The van der Waals surface area contributed by atoms with E-state index < -0.39 is 0 Å². The molecule has 0 radical (unpaired) electrons. The number of rotatable bonds is 2. The first-order chi connectivity index (χ1) is 10.7. The summed E-state index contributed by atoms with van der Waals surface area (Å²) < 4.78 is 0. The van der Waals surface area contributed by atoms with Crippen LogP contribution in [-0.4, -0.2) is 33.8 Å². The van der Waals surface area contributed by atoms with Gasteiger partial charge < -0.3 is 23.2 Å². The summed E-state index contributed by atoms with van der Waals surface area (Å²) in [6, 6.07) is 5.77. The van der Waals surface area contributed by atoms with Crippen LogP contribution >= 0.6 is 0 Å². The Morgan fingerprint density at radius 2 is 1.96 bits per heavy atom. The van der Waals surface area contributed by atoms with Crippen molar-refractivity contribution in [2.75, 3.05) is 13.1 Å². The van der Waals surface area contributed by atoms with Gasteiger partial charge in [0.1, 0.15) is 0 Å². The van der Waals surface area contributed by atoms with Crippen molar-refractivity contribution < 1.29 is 17.1 Å². The standard InChI is InChI=1S/C14H20N4S.CHNS.Cu/c1-12(13-8-4-5-9-15-13)16-17-14(19)18-10-6-2-3-7-11-18;2-1-3;/h4-5,8-9H,2-3,6-7,10-11H2,1H3,(H,15,17,19);3H;/q;;+1/p-1. The van der Waals surface area contributed by atoms with Crippen LogP contribution in [0.5, 0.6) is 0 Å². The van der Waals surface area contributed by atoms with Crippen LogP contribution in [0, 0.1) is 10.7 Å². The second-order valence-corrected chi connectivity index (χ2v) is 5.38. The molecule has 1 saturated heterocycles. The van der Waals surface area contributed by atoms with Crippen LogP contribution in [0.4, 0.5) is 0 Å². The van der Waals surface area contributed by atoms with E-state index in [0.29, 0.717) is 5.11 Å². The van der Waals surface area contributed by atoms with E-state index in [9.17, 15) is 0 Å². The summed E-state index contributed by atoms with van der Waals surface area (Å²) in [6.07, 6.45) is 6.78. The number of thiol groups is 1. The van der Waals surface area contributed by atoms with Crippen molar-refractivity contribution in [2.45, 2.75) is 32.6 Å². The number of aromatic nitrogens is 1. The van der Waals surface area contributed by atoms with Crippen LogP contribution in [-0.2, 0) is 41.9 Å². The number of likely N-dealkylation sites (tertiary alicyclic amines) is 1. The second-order valence-electron chi connectivity index (χ2n) is 4.79. The predicted octanol–water partition coefficient (Wildman–Crippen LogP) is 2.43. The quantitative estimate of drug-likeness (QED) is 0.112. The number of nitrogens with zero attached hydrogens (tertiary/aromatic N) is 5. The molecule has 0 bridgehead atoms. The zero-order valence-electron chi connectivity index (χ0n) is 12.9. The molecular weight excluding hydrogens is 378 g/mol. The van der Waals surface area contributed by atoms with Gasteiger partial charge in [0.25, 0.3) is 0 Å². The molecule has 1 aromatic rings. The van der Waals surface area contributed by atoms with Crippen LogP contribution in [0.25, 0.3) is 5.43 Å². The summed E-state index contributed by atoms with van der Waals surface area (Å²) in [4.78, 5) is 6.45. The van der Waals surface area contributed by atoms with Crippen LogP contribution in [0.1, 0.15) is 38.3 Å². The van der Waals surface area contributed by atoms with Crippen molar-refractivity contribution in [1.82, 2.24) is 9.88 Å². The molecule has 0 aliphatic carbocycles. The maximum atomic E-state index is 7.13. The van der Waals surface area contributed by atoms with Crippen molar-refractivity contribution in [3.8, 4) is 5.40 Å². The molecule has 5 nitrogen and oxygen atoms in total. The van der Waals surface area contributed by atoms with Crippen molar-refractivity contribution in [1.29, 1.82) is 5.26 Å². The fourth-order valence-corrected chi connectivity index (χ4v) is 2.33. The maximum Gasteiger partial charge on any atom is 1.00 e. The molecule has 23 heavy (non-hydrogen) atoms. The molecule has 1 aliphatic rings. The van der Waals surface area contributed by atoms with Crippen molar-refractivity contribution in [2.24, 2.45) is 5.10 Å². The molecular formula is C15H20CuN5S2. The van der Waals surface area contributed by atoms with E-state index in [4.69, 9.17) is 5.26 Å². The van der Waals surface area contributed by atoms with Gasteiger partial charge in [-0.15, -0.1) is 0 Å². The Kier molecular flexibility index (Phi) is 12.7. The van der Waals surface area contributed by atoms with Gasteiger partial charge in [-0.05, 0) is 31.9 Å². The minimum atomic E-state index is 0. The first-order valence-corrected chi connectivity index (χ1v) is 8.03. The summed E-state index contributed by atoms with van der Waals surface area (Å²) in [5.74, 6) is 0. The number of pyridine rings is 1. The van der Waals surface area contributed by atoms with Gasteiger partial charge in [0.15, 0.2) is 17.3 Å². The van der Waals surface area contributed by atoms with Crippen LogP contribution in [0.2, 0.25) is 0 Å². The Morgan fingerprint density at radius 1 is 1.35 bits per heavy atom. The molecule has 0 saturated carbocycles. The van der Waals surface area contributed by atoms with Crippen molar-refractivity contribution in [3.05, 3.63) is 35.5 Å². The second kappa shape index (κ2) is 13.3. The van der Waals surface area contributed by atoms with Gasteiger partial charge in [-0.2, -0.15) is 0 Å². The Bertz CT molecular complexity index is 522. The first-order valence-electron chi connectivity index (χ1n) is 7.18. The molecule has 0 amide bonds. The first kappa shape index (κ1) is 21.9. The molecule has 128 valence electrons. The summed E-state index contributed by atoms with van der Waals surface area (Å²) in [5, 5.41) is 13.4. The molecule has 0 spiro atoms. The number of hydrogen-bond donors (Lipinski definition) is 0. The fourth-order valence-electron chi connectivity index (χ4n) is 2.08. The maximum absolute atomic E-state index is 7.13. The molecule has 1 aliphatic heterocycles. The topological polar surface area (TPSA) is 66.4 Å². The van der Waals surface area contributed by atoms with Crippen molar-refractivity contribution in [3.63, 3.8) is 0 Å². The van der Waals surface area contributed by atoms with E-state index in [1.165, 1.54) is 31.1 Å². The number of thiocyanates is 1. The van der Waals surface area contributed by atoms with Gasteiger partial charge in [-0.3, -0.25) is 4.98 Å². The number of hydrogen-bond acceptors (Lipinski definition) is 4. The monoisotopic (exact) mass is 397 g/mol. The minimum absolute atomic E-state index is 0. The minimum Gasteiger partial charge on any atom is -0.696 e. The third-order valence-corrected chi connectivity index (χ3v) is 3.59. The average Bonchev–Trinajstić information content (AvgIpc) is 2.83. The largest absolute Gasteiger partial charge is 1.00 e. The normalized spacial score (nSPS) is 15.0. The summed E-state index contributed by atoms with van der Waals surface area (Å²) >= 11 is 8.16. The zero-order valence-corrected chi connectivity index (χ0v) is 15.6. The molecule has 1 aromatic heterocycles. The molecule has 2 rings (SSSR count). The third kappa shape index (κ3) is 8.94. The van der Waals surface area contributed by atoms with Gasteiger partial charge in [0.2, 0.25) is 0 Å². The van der Waals surface area contributed by atoms with Crippen LogP contribution in [0.3, 0.4) is 0 Å². The number of nitriles is 1. The Morgan fingerprint density at radius 3 is 2.48 bits per heavy atom. The van der Waals surface area contributed by atoms with E-state index in [1.54, 1.807) is 6.20 Å². The smallest absolute Gasteiger partial charge is 0.696 e. The molecule has 8 heteroatoms. The molecule has 0 aromatic carbocycles. The summed E-state index contributed by atoms with van der Waals surface area (Å²) in [6.45, 7) is 3.97. The Labute approximate surface area is 159 Å². The molecule has 0 unspecified atom stereocenters. The molecule has 2 heterocycles. The van der Waals surface area contributed by atoms with E-state index in [0.717, 1.165) is 24.5 Å².